The van der Waals surface area contributed by atoms with E-state index in [9.17, 15) is 0 Å². The van der Waals surface area contributed by atoms with Crippen molar-refractivity contribution in [2.45, 2.75) is 11.9 Å². The van der Waals surface area contributed by atoms with Crippen LogP contribution in [0.1, 0.15) is 11.1 Å². The number of nitrogens with two attached hydrogens (primary N) is 1. The molecule has 2 aromatic carbocycles. The zero-order valence-corrected chi connectivity index (χ0v) is 17.1. The zero-order chi connectivity index (χ0) is 14.8. The SMILES string of the molecule is BrCc1ccc(-c2ccccc2C[NH][Tl])cc1.N=NN. The van der Waals surface area contributed by atoms with Gasteiger partial charge < -0.3 is 5.84 Å². The van der Waals surface area contributed by atoms with Gasteiger partial charge in [-0.25, -0.2) is 0 Å². The molecule has 0 unspecified atom stereocenters. The molecule has 0 aliphatic carbocycles. The van der Waals surface area contributed by atoms with Gasteiger partial charge in [0.1, 0.15) is 0 Å². The maximum Gasteiger partial charge on any atom is -0.0856 e. The largest absolute Gasteiger partial charge is 0.305 e. The minimum Gasteiger partial charge on any atom is -0.305 e. The number of nitrogens with one attached hydrogen (secondary N) is 2. The molecular weight excluding hydrogens is 508 g/mol. The normalized spacial score (nSPS) is 9.40. The van der Waals surface area contributed by atoms with E-state index in [1.807, 2.05) is 0 Å². The van der Waals surface area contributed by atoms with Crippen molar-refractivity contribution in [1.29, 1.82) is 5.53 Å². The second-order valence-corrected chi connectivity index (χ2v) is 6.15. The van der Waals surface area contributed by atoms with Crippen LogP contribution in [0.15, 0.2) is 53.8 Å². The Bertz CT molecular complexity index is 531. The third kappa shape index (κ3) is 5.30. The van der Waals surface area contributed by atoms with Gasteiger partial charge in [0.2, 0.25) is 0 Å². The Morgan fingerprint density at radius 1 is 1.15 bits per heavy atom. The molecule has 2 aromatic rings. The molecule has 0 heterocycles. The van der Waals surface area contributed by atoms with Gasteiger partial charge in [-0.2, -0.15) is 5.53 Å². The predicted molar refractivity (Wildman–Crippen MR) is 86.4 cm³/mol. The second-order valence-electron chi connectivity index (χ2n) is 4.00. The summed E-state index contributed by atoms with van der Waals surface area (Å²) in [4.78, 5) is 0. The smallest absolute Gasteiger partial charge is 0.0856 e. The molecule has 2 rings (SSSR count). The van der Waals surface area contributed by atoms with Gasteiger partial charge in [0.05, 0.1) is 0 Å². The number of benzene rings is 2. The van der Waals surface area contributed by atoms with Crippen LogP contribution in [0.4, 0.5) is 0 Å². The van der Waals surface area contributed by atoms with E-state index in [0.29, 0.717) is 0 Å². The number of rotatable bonds is 4. The molecule has 0 radical (unpaired) electrons. The van der Waals surface area contributed by atoms with Crippen LogP contribution in [-0.2, 0) is 11.9 Å². The first kappa shape index (κ1) is 17.3. The molecule has 0 aliphatic rings. The van der Waals surface area contributed by atoms with Crippen LogP contribution >= 0.6 is 15.9 Å². The summed E-state index contributed by atoms with van der Waals surface area (Å²) in [5.74, 6) is 4.14. The first-order chi connectivity index (χ1) is 9.76. The fourth-order valence-electron chi connectivity index (χ4n) is 1.84. The molecule has 0 spiro atoms. The van der Waals surface area contributed by atoms with Crippen LogP contribution < -0.4 is 8.97 Å². The van der Waals surface area contributed by atoms with Crippen molar-refractivity contribution in [2.75, 3.05) is 0 Å². The summed E-state index contributed by atoms with van der Waals surface area (Å²) in [6.07, 6.45) is 0. The fourth-order valence-corrected chi connectivity index (χ4v) is 3.07. The Labute approximate surface area is 143 Å². The van der Waals surface area contributed by atoms with E-state index >= 15 is 0 Å². The number of halogens is 1. The Morgan fingerprint density at radius 2 is 1.75 bits per heavy atom. The van der Waals surface area contributed by atoms with Crippen LogP contribution in [0.2, 0.25) is 0 Å². The van der Waals surface area contributed by atoms with Gasteiger partial charge in [-0.05, 0) is 0 Å². The first-order valence-corrected chi connectivity index (χ1v) is 9.36. The van der Waals surface area contributed by atoms with Crippen LogP contribution in [0, 0.1) is 5.53 Å². The second kappa shape index (κ2) is 10.0. The van der Waals surface area contributed by atoms with Crippen LogP contribution in [0.3, 0.4) is 0 Å². The molecule has 102 valence electrons. The molecule has 0 aliphatic heterocycles. The molecule has 4 nitrogen and oxygen atoms in total. The van der Waals surface area contributed by atoms with Crippen molar-refractivity contribution in [3.63, 3.8) is 0 Å². The summed E-state index contributed by atoms with van der Waals surface area (Å²) >= 11 is 4.31. The predicted octanol–water partition coefficient (Wildman–Crippen LogP) is 3.31. The standard InChI is InChI=1S/C14H13BrN.H3N3.Tl/c15-9-11-5-7-12(8-6-11)14-4-2-1-3-13(14)10-16;1-3-2;/h1-8,16H,9-10H2;(H3,1,2);/q-1;;+1. The summed E-state index contributed by atoms with van der Waals surface area (Å²) in [5.41, 5.74) is 10.9. The minimum atomic E-state index is 0.837. The molecular formula is C14H16BrN4Tl. The summed E-state index contributed by atoms with van der Waals surface area (Å²) in [6, 6.07) is 17.4. The Balaban J connectivity index is 0.000000612. The van der Waals surface area contributed by atoms with Gasteiger partial charge >= 0.3 is 128 Å². The van der Waals surface area contributed by atoms with Crippen LogP contribution in [0.25, 0.3) is 11.1 Å². The molecule has 0 saturated heterocycles. The monoisotopic (exact) mass is 524 g/mol. The molecule has 0 atom stereocenters. The maximum absolute atomic E-state index is 5.61. The van der Waals surface area contributed by atoms with E-state index in [-0.39, 0.29) is 0 Å². The Hall–Kier alpha value is -0.798. The van der Waals surface area contributed by atoms with Gasteiger partial charge in [-0.1, -0.05) is 5.22 Å². The molecule has 0 aromatic heterocycles. The summed E-state index contributed by atoms with van der Waals surface area (Å²) in [6.45, 7) is 0.973. The van der Waals surface area contributed by atoms with E-state index in [4.69, 9.17) is 5.53 Å². The number of hydrogen-bond acceptors (Lipinski definition) is 3. The van der Waals surface area contributed by atoms with E-state index in [2.05, 4.69) is 78.7 Å². The van der Waals surface area contributed by atoms with E-state index in [1.165, 1.54) is 22.3 Å². The summed E-state index contributed by atoms with van der Waals surface area (Å²) in [5, 5.41) is 3.16. The third-order valence-electron chi connectivity index (χ3n) is 2.73. The number of hydrogen-bond donors (Lipinski definition) is 3. The molecule has 0 bridgehead atoms. The maximum atomic E-state index is 5.61. The quantitative estimate of drug-likeness (QED) is 0.189. The van der Waals surface area contributed by atoms with E-state index < -0.39 is 0 Å². The van der Waals surface area contributed by atoms with Gasteiger partial charge in [0.15, 0.2) is 0 Å². The minimum absolute atomic E-state index is 0.837. The average molecular weight is 525 g/mol. The number of nitrogens with zero attached hydrogens (tertiary/aromatic N) is 1. The summed E-state index contributed by atoms with van der Waals surface area (Å²) in [7, 11) is 0. The molecule has 4 N–H and O–H groups in total. The molecule has 6 heteroatoms. The molecule has 0 fully saturated rings. The number of alkyl halides is 1. The Morgan fingerprint density at radius 3 is 2.30 bits per heavy atom. The summed E-state index contributed by atoms with van der Waals surface area (Å²) < 4.78 is 3.38. The first-order valence-electron chi connectivity index (χ1n) is 6.00. The fraction of sp³-hybridized carbons (Fsp3) is 0.143. The van der Waals surface area contributed by atoms with Gasteiger partial charge in [-0.15, -0.1) is 0 Å². The third-order valence-corrected chi connectivity index (χ3v) is 4.17. The van der Waals surface area contributed by atoms with Crippen LogP contribution in [0.5, 0.6) is 0 Å². The van der Waals surface area contributed by atoms with Crippen LogP contribution in [-0.4, -0.2) is 26.1 Å². The van der Waals surface area contributed by atoms with Crippen molar-refractivity contribution >= 4 is 42.0 Å². The molecule has 0 amide bonds. The van der Waals surface area contributed by atoms with Crippen molar-refractivity contribution < 1.29 is 0 Å². The van der Waals surface area contributed by atoms with Gasteiger partial charge in [-0.3, -0.25) is 0 Å². The van der Waals surface area contributed by atoms with Gasteiger partial charge in [0, 0.05) is 0 Å². The van der Waals surface area contributed by atoms with Crippen molar-refractivity contribution in [1.82, 2.24) is 3.13 Å². The Kier molecular flexibility index (Phi) is 8.63. The molecule has 20 heavy (non-hydrogen) atoms. The van der Waals surface area contributed by atoms with Gasteiger partial charge in [0.25, 0.3) is 0 Å². The van der Waals surface area contributed by atoms with Crippen molar-refractivity contribution in [2.24, 2.45) is 11.1 Å². The van der Waals surface area contributed by atoms with Crippen molar-refractivity contribution in [3.8, 4) is 11.1 Å². The van der Waals surface area contributed by atoms with E-state index in [1.54, 1.807) is 0 Å². The van der Waals surface area contributed by atoms with E-state index in [0.717, 1.165) is 37.9 Å². The average Bonchev–Trinajstić information content (AvgIpc) is 2.49. The zero-order valence-electron chi connectivity index (χ0n) is 11.0. The molecule has 0 saturated carbocycles. The topological polar surface area (TPSA) is 74.3 Å². The van der Waals surface area contributed by atoms with Crippen molar-refractivity contribution in [3.05, 3.63) is 59.7 Å².